The standard InChI is InChI=1S/C13H16N2/c1-10-4-5-11(2)13(8-10)9-15-7-6-12(3)14-15/h4-8H,9H2,1-3H3. The number of aryl methyl sites for hydroxylation is 3. The fourth-order valence-corrected chi connectivity index (χ4v) is 1.70. The van der Waals surface area contributed by atoms with Crippen LogP contribution in [-0.4, -0.2) is 9.78 Å². The lowest BCUT2D eigenvalue weighted by atomic mass is 10.1. The first kappa shape index (κ1) is 9.97. The molecule has 1 heterocycles. The SMILES string of the molecule is Cc1ccc(C)c(Cn2ccc(C)n2)c1. The second-order valence-electron chi connectivity index (χ2n) is 4.08. The number of benzene rings is 1. The monoisotopic (exact) mass is 200 g/mol. The number of hydrogen-bond donors (Lipinski definition) is 0. The van der Waals surface area contributed by atoms with Gasteiger partial charge in [-0.05, 0) is 38.0 Å². The van der Waals surface area contributed by atoms with E-state index in [1.165, 1.54) is 16.7 Å². The van der Waals surface area contributed by atoms with Crippen LogP contribution in [0, 0.1) is 20.8 Å². The zero-order chi connectivity index (χ0) is 10.8. The molecular weight excluding hydrogens is 184 g/mol. The Morgan fingerprint density at radius 3 is 2.60 bits per heavy atom. The first-order chi connectivity index (χ1) is 7.15. The molecule has 2 rings (SSSR count). The Bertz CT molecular complexity index is 469. The van der Waals surface area contributed by atoms with Crippen LogP contribution >= 0.6 is 0 Å². The molecule has 2 nitrogen and oxygen atoms in total. The minimum Gasteiger partial charge on any atom is -0.268 e. The third kappa shape index (κ3) is 2.27. The van der Waals surface area contributed by atoms with Crippen LogP contribution < -0.4 is 0 Å². The molecular formula is C13H16N2. The Morgan fingerprint density at radius 1 is 1.13 bits per heavy atom. The van der Waals surface area contributed by atoms with Gasteiger partial charge in [-0.3, -0.25) is 4.68 Å². The normalized spacial score (nSPS) is 10.6. The maximum Gasteiger partial charge on any atom is 0.0662 e. The van der Waals surface area contributed by atoms with Crippen LogP contribution in [0.15, 0.2) is 30.5 Å². The van der Waals surface area contributed by atoms with Crippen LogP contribution in [-0.2, 0) is 6.54 Å². The third-order valence-corrected chi connectivity index (χ3v) is 2.61. The van der Waals surface area contributed by atoms with Crippen LogP contribution in [0.3, 0.4) is 0 Å². The van der Waals surface area contributed by atoms with E-state index in [1.807, 2.05) is 23.9 Å². The zero-order valence-corrected chi connectivity index (χ0v) is 9.49. The minimum atomic E-state index is 0.862. The van der Waals surface area contributed by atoms with Gasteiger partial charge in [0, 0.05) is 6.20 Å². The van der Waals surface area contributed by atoms with E-state index in [2.05, 4.69) is 37.1 Å². The molecule has 0 fully saturated rings. The van der Waals surface area contributed by atoms with E-state index < -0.39 is 0 Å². The lowest BCUT2D eigenvalue weighted by molar-refractivity contribution is 0.676. The molecule has 0 aliphatic rings. The van der Waals surface area contributed by atoms with Gasteiger partial charge in [-0.2, -0.15) is 5.10 Å². The van der Waals surface area contributed by atoms with E-state index in [0.29, 0.717) is 0 Å². The third-order valence-electron chi connectivity index (χ3n) is 2.61. The quantitative estimate of drug-likeness (QED) is 0.729. The highest BCUT2D eigenvalue weighted by Gasteiger charge is 2.00. The molecule has 15 heavy (non-hydrogen) atoms. The molecule has 0 bridgehead atoms. The van der Waals surface area contributed by atoms with Crippen molar-refractivity contribution in [1.29, 1.82) is 0 Å². The predicted octanol–water partition coefficient (Wildman–Crippen LogP) is 2.86. The Hall–Kier alpha value is -1.57. The molecule has 1 aromatic heterocycles. The molecule has 0 unspecified atom stereocenters. The van der Waals surface area contributed by atoms with Crippen molar-refractivity contribution in [2.45, 2.75) is 27.3 Å². The lowest BCUT2D eigenvalue weighted by Gasteiger charge is -2.07. The average Bonchev–Trinajstić information content (AvgIpc) is 2.58. The second kappa shape index (κ2) is 3.89. The first-order valence-electron chi connectivity index (χ1n) is 5.21. The second-order valence-corrected chi connectivity index (χ2v) is 4.08. The summed E-state index contributed by atoms with van der Waals surface area (Å²) >= 11 is 0. The van der Waals surface area contributed by atoms with Gasteiger partial charge in [0.2, 0.25) is 0 Å². The fraction of sp³-hybridized carbons (Fsp3) is 0.308. The van der Waals surface area contributed by atoms with Gasteiger partial charge in [0.05, 0.1) is 12.2 Å². The van der Waals surface area contributed by atoms with Gasteiger partial charge in [-0.15, -0.1) is 0 Å². The molecule has 2 heteroatoms. The van der Waals surface area contributed by atoms with Gasteiger partial charge in [0.1, 0.15) is 0 Å². The number of nitrogens with zero attached hydrogens (tertiary/aromatic N) is 2. The summed E-state index contributed by atoms with van der Waals surface area (Å²) in [5.41, 5.74) is 5.05. The summed E-state index contributed by atoms with van der Waals surface area (Å²) in [5.74, 6) is 0. The zero-order valence-electron chi connectivity index (χ0n) is 9.49. The largest absolute Gasteiger partial charge is 0.268 e. The van der Waals surface area contributed by atoms with E-state index in [4.69, 9.17) is 0 Å². The van der Waals surface area contributed by atoms with Gasteiger partial charge in [0.25, 0.3) is 0 Å². The van der Waals surface area contributed by atoms with Crippen molar-refractivity contribution in [3.8, 4) is 0 Å². The molecule has 0 radical (unpaired) electrons. The van der Waals surface area contributed by atoms with Crippen molar-refractivity contribution in [3.63, 3.8) is 0 Å². The van der Waals surface area contributed by atoms with E-state index in [-0.39, 0.29) is 0 Å². The molecule has 1 aromatic carbocycles. The summed E-state index contributed by atoms with van der Waals surface area (Å²) in [6, 6.07) is 8.58. The smallest absolute Gasteiger partial charge is 0.0662 e. The van der Waals surface area contributed by atoms with Crippen LogP contribution in [0.2, 0.25) is 0 Å². The van der Waals surface area contributed by atoms with Crippen molar-refractivity contribution in [2.24, 2.45) is 0 Å². The molecule has 0 aliphatic carbocycles. The van der Waals surface area contributed by atoms with Crippen molar-refractivity contribution in [3.05, 3.63) is 52.8 Å². The highest BCUT2D eigenvalue weighted by atomic mass is 15.3. The van der Waals surface area contributed by atoms with Crippen LogP contribution in [0.4, 0.5) is 0 Å². The number of rotatable bonds is 2. The molecule has 0 spiro atoms. The van der Waals surface area contributed by atoms with E-state index in [9.17, 15) is 0 Å². The summed E-state index contributed by atoms with van der Waals surface area (Å²) in [6.45, 7) is 7.14. The number of aromatic nitrogens is 2. The lowest BCUT2D eigenvalue weighted by Crippen LogP contribution is -2.02. The summed E-state index contributed by atoms with van der Waals surface area (Å²) < 4.78 is 1.98. The predicted molar refractivity (Wildman–Crippen MR) is 62.0 cm³/mol. The topological polar surface area (TPSA) is 17.8 Å². The Morgan fingerprint density at radius 2 is 1.93 bits per heavy atom. The van der Waals surface area contributed by atoms with Gasteiger partial charge in [0.15, 0.2) is 0 Å². The summed E-state index contributed by atoms with van der Waals surface area (Å²) in [6.07, 6.45) is 2.02. The van der Waals surface area contributed by atoms with E-state index >= 15 is 0 Å². The van der Waals surface area contributed by atoms with Crippen molar-refractivity contribution in [2.75, 3.05) is 0 Å². The molecule has 2 aromatic rings. The molecule has 78 valence electrons. The van der Waals surface area contributed by atoms with Crippen molar-refractivity contribution >= 4 is 0 Å². The summed E-state index contributed by atoms with van der Waals surface area (Å²) in [7, 11) is 0. The molecule has 0 amide bonds. The average molecular weight is 200 g/mol. The van der Waals surface area contributed by atoms with Gasteiger partial charge in [-0.25, -0.2) is 0 Å². The van der Waals surface area contributed by atoms with E-state index in [0.717, 1.165) is 12.2 Å². The van der Waals surface area contributed by atoms with Crippen LogP contribution in [0.25, 0.3) is 0 Å². The Kier molecular flexibility index (Phi) is 2.58. The summed E-state index contributed by atoms with van der Waals surface area (Å²) in [4.78, 5) is 0. The number of hydrogen-bond acceptors (Lipinski definition) is 1. The first-order valence-corrected chi connectivity index (χ1v) is 5.21. The van der Waals surface area contributed by atoms with Gasteiger partial charge in [-0.1, -0.05) is 23.8 Å². The van der Waals surface area contributed by atoms with Gasteiger partial charge >= 0.3 is 0 Å². The molecule has 0 saturated heterocycles. The van der Waals surface area contributed by atoms with E-state index in [1.54, 1.807) is 0 Å². The molecule has 0 atom stereocenters. The van der Waals surface area contributed by atoms with Crippen molar-refractivity contribution < 1.29 is 0 Å². The van der Waals surface area contributed by atoms with Gasteiger partial charge < -0.3 is 0 Å². The van der Waals surface area contributed by atoms with Crippen LogP contribution in [0.5, 0.6) is 0 Å². The summed E-state index contributed by atoms with van der Waals surface area (Å²) in [5, 5.41) is 4.39. The minimum absolute atomic E-state index is 0.862. The Balaban J connectivity index is 2.27. The maximum absolute atomic E-state index is 4.39. The molecule has 0 N–H and O–H groups in total. The Labute approximate surface area is 90.6 Å². The highest BCUT2D eigenvalue weighted by Crippen LogP contribution is 2.12. The fourth-order valence-electron chi connectivity index (χ4n) is 1.70. The molecule has 0 aliphatic heterocycles. The molecule has 0 saturated carbocycles. The van der Waals surface area contributed by atoms with Crippen LogP contribution in [0.1, 0.15) is 22.4 Å². The van der Waals surface area contributed by atoms with Crippen molar-refractivity contribution in [1.82, 2.24) is 9.78 Å². The maximum atomic E-state index is 4.39. The highest BCUT2D eigenvalue weighted by molar-refractivity contribution is 5.30.